The number of hydrazine groups is 1. The number of benzene rings is 2. The fourth-order valence-corrected chi connectivity index (χ4v) is 4.86. The maximum atomic E-state index is 11.5. The highest BCUT2D eigenvalue weighted by Gasteiger charge is 2.36. The number of hydrogen-bond acceptors (Lipinski definition) is 4. The van der Waals surface area contributed by atoms with Gasteiger partial charge in [-0.2, -0.15) is 0 Å². The molecule has 0 radical (unpaired) electrons. The summed E-state index contributed by atoms with van der Waals surface area (Å²) in [4.78, 5) is 11.5. The Morgan fingerprint density at radius 1 is 1.12 bits per heavy atom. The van der Waals surface area contributed by atoms with Crippen LogP contribution in [0.3, 0.4) is 0 Å². The molecule has 0 unspecified atom stereocenters. The quantitative estimate of drug-likeness (QED) is 0.270. The molecule has 2 aromatic carbocycles. The molecule has 5 nitrogen and oxygen atoms in total. The van der Waals surface area contributed by atoms with Gasteiger partial charge in [0.1, 0.15) is 12.4 Å². The second kappa shape index (κ2) is 10.1. The molecule has 0 heterocycles. The average molecular weight is 463 g/mol. The molecule has 3 N–H and O–H groups in total. The molecule has 1 atom stereocenters. The van der Waals surface area contributed by atoms with Gasteiger partial charge in [-0.3, -0.25) is 4.79 Å². The Morgan fingerprint density at radius 2 is 1.74 bits per heavy atom. The minimum absolute atomic E-state index is 0.0668. The van der Waals surface area contributed by atoms with E-state index in [1.54, 1.807) is 19.2 Å². The van der Waals surface area contributed by atoms with Gasteiger partial charge in [-0.15, -0.1) is 0 Å². The number of ether oxygens (including phenoxy) is 1. The van der Waals surface area contributed by atoms with Crippen molar-refractivity contribution in [1.29, 1.82) is 0 Å². The Kier molecular flexibility index (Phi) is 7.57. The summed E-state index contributed by atoms with van der Waals surface area (Å²) in [5.74, 6) is 5.43. The molecule has 0 spiro atoms. The summed E-state index contributed by atoms with van der Waals surface area (Å²) in [6.07, 6.45) is 5.67. The molecule has 0 saturated heterocycles. The third-order valence-corrected chi connectivity index (χ3v) is 7.04. The van der Waals surface area contributed by atoms with E-state index in [0.29, 0.717) is 12.3 Å². The number of carboxylic acids is 1. The van der Waals surface area contributed by atoms with Crippen molar-refractivity contribution in [2.45, 2.75) is 70.3 Å². The zero-order valence-corrected chi connectivity index (χ0v) is 21.1. The van der Waals surface area contributed by atoms with Gasteiger partial charge in [0.2, 0.25) is 0 Å². The maximum Gasteiger partial charge on any atom is 0.304 e. The Morgan fingerprint density at radius 3 is 2.29 bits per heavy atom. The Bertz CT molecular complexity index is 1070. The molecule has 3 rings (SSSR count). The van der Waals surface area contributed by atoms with Crippen molar-refractivity contribution in [2.24, 2.45) is 5.84 Å². The number of carboxylic acid groups (broad SMARTS) is 1. The molecule has 2 aromatic rings. The standard InChI is InChI=1S/C29H38N2O3/c1-7-8-26(31(6)30)23(18-27(32)33)21-10-12-22(13-11-21)34-19-20-9-14-24-25(17-20)29(4,5)16-15-28(24,2)3/h7-14,17,23H,1,15-16,18-19,30H2,2-6H3,(H,32,33)/b26-8-/t23-/m0/s1. The highest BCUT2D eigenvalue weighted by Crippen LogP contribution is 2.46. The van der Waals surface area contributed by atoms with Crippen molar-refractivity contribution >= 4 is 5.97 Å². The Hall–Kier alpha value is -3.05. The van der Waals surface area contributed by atoms with Gasteiger partial charge in [0.15, 0.2) is 0 Å². The summed E-state index contributed by atoms with van der Waals surface area (Å²) >= 11 is 0. The Labute approximate surface area is 203 Å². The van der Waals surface area contributed by atoms with Crippen molar-refractivity contribution < 1.29 is 14.6 Å². The minimum Gasteiger partial charge on any atom is -0.489 e. The number of nitrogens with two attached hydrogens (primary N) is 1. The second-order valence-electron chi connectivity index (χ2n) is 10.6. The molecule has 0 bridgehead atoms. The van der Waals surface area contributed by atoms with Crippen molar-refractivity contribution in [3.05, 3.63) is 89.1 Å². The van der Waals surface area contributed by atoms with Gasteiger partial charge in [0.25, 0.3) is 0 Å². The molecule has 5 heteroatoms. The number of nitrogens with zero attached hydrogens (tertiary/aromatic N) is 1. The number of allylic oxidation sites excluding steroid dienone is 3. The minimum atomic E-state index is -0.888. The summed E-state index contributed by atoms with van der Waals surface area (Å²) in [7, 11) is 1.70. The number of carbonyl (C=O) groups is 1. The predicted octanol–water partition coefficient (Wildman–Crippen LogP) is 6.05. The zero-order chi connectivity index (χ0) is 25.1. The first kappa shape index (κ1) is 25.6. The van der Waals surface area contributed by atoms with Crippen LogP contribution in [0.1, 0.15) is 75.1 Å². The number of likely N-dealkylation sites (N-methyl/N-ethyl adjacent to an activating group) is 1. The predicted molar refractivity (Wildman–Crippen MR) is 138 cm³/mol. The summed E-state index contributed by atoms with van der Waals surface area (Å²) in [6.45, 7) is 13.5. The van der Waals surface area contributed by atoms with Gasteiger partial charge in [-0.25, -0.2) is 5.84 Å². The van der Waals surface area contributed by atoms with E-state index >= 15 is 0 Å². The van der Waals surface area contributed by atoms with Crippen molar-refractivity contribution in [3.8, 4) is 5.75 Å². The zero-order valence-electron chi connectivity index (χ0n) is 21.1. The topological polar surface area (TPSA) is 75.8 Å². The summed E-state index contributed by atoms with van der Waals surface area (Å²) in [5, 5.41) is 10.9. The van der Waals surface area contributed by atoms with E-state index in [-0.39, 0.29) is 23.2 Å². The van der Waals surface area contributed by atoms with Crippen LogP contribution in [0.15, 0.2) is 66.9 Å². The molecule has 0 amide bonds. The van der Waals surface area contributed by atoms with Crippen LogP contribution in [0.2, 0.25) is 0 Å². The smallest absolute Gasteiger partial charge is 0.304 e. The molecular weight excluding hydrogens is 424 g/mol. The summed E-state index contributed by atoms with van der Waals surface area (Å²) in [5.41, 5.74) is 5.91. The number of hydrogen-bond donors (Lipinski definition) is 2. The maximum absolute atomic E-state index is 11.5. The average Bonchev–Trinajstić information content (AvgIpc) is 2.78. The second-order valence-corrected chi connectivity index (χ2v) is 10.6. The lowest BCUT2D eigenvalue weighted by Gasteiger charge is -2.42. The monoisotopic (exact) mass is 462 g/mol. The number of aliphatic carboxylic acids is 1. The van der Waals surface area contributed by atoms with Crippen LogP contribution in [0, 0.1) is 0 Å². The van der Waals surface area contributed by atoms with Gasteiger partial charge in [-0.05, 0) is 64.1 Å². The third kappa shape index (κ3) is 5.71. The Balaban J connectivity index is 1.78. The van der Waals surface area contributed by atoms with E-state index in [2.05, 4.69) is 52.5 Å². The molecule has 0 saturated carbocycles. The van der Waals surface area contributed by atoms with Crippen LogP contribution in [0.4, 0.5) is 0 Å². The normalized spacial score (nSPS) is 17.4. The highest BCUT2D eigenvalue weighted by atomic mass is 16.5. The lowest BCUT2D eigenvalue weighted by Crippen LogP contribution is -2.33. The lowest BCUT2D eigenvalue weighted by atomic mass is 9.63. The van der Waals surface area contributed by atoms with Crippen LogP contribution in [0.5, 0.6) is 5.75 Å². The van der Waals surface area contributed by atoms with Crippen molar-refractivity contribution in [2.75, 3.05) is 7.05 Å². The number of rotatable bonds is 9. The molecule has 1 aliphatic rings. The van der Waals surface area contributed by atoms with Crippen LogP contribution in [-0.4, -0.2) is 23.1 Å². The molecule has 1 aliphatic carbocycles. The summed E-state index contributed by atoms with van der Waals surface area (Å²) < 4.78 is 6.09. The lowest BCUT2D eigenvalue weighted by molar-refractivity contribution is -0.137. The van der Waals surface area contributed by atoms with E-state index in [1.807, 2.05) is 24.3 Å². The van der Waals surface area contributed by atoms with E-state index in [4.69, 9.17) is 10.6 Å². The molecule has 0 aromatic heterocycles. The molecule has 182 valence electrons. The van der Waals surface area contributed by atoms with Crippen LogP contribution < -0.4 is 10.6 Å². The molecule has 34 heavy (non-hydrogen) atoms. The van der Waals surface area contributed by atoms with Gasteiger partial charge in [0.05, 0.1) is 6.42 Å². The first-order valence-electron chi connectivity index (χ1n) is 11.8. The third-order valence-electron chi connectivity index (χ3n) is 7.04. The SMILES string of the molecule is C=C/C=C(/[C@@H](CC(=O)O)c1ccc(OCc2ccc3c(c2)C(C)(C)CCC3(C)C)cc1)N(C)N. The first-order chi connectivity index (χ1) is 15.9. The van der Waals surface area contributed by atoms with Crippen molar-refractivity contribution in [3.63, 3.8) is 0 Å². The van der Waals surface area contributed by atoms with Gasteiger partial charge < -0.3 is 14.9 Å². The largest absolute Gasteiger partial charge is 0.489 e. The van der Waals surface area contributed by atoms with Crippen LogP contribution in [-0.2, 0) is 22.2 Å². The van der Waals surface area contributed by atoms with E-state index in [0.717, 1.165) is 16.9 Å². The van der Waals surface area contributed by atoms with Crippen LogP contribution >= 0.6 is 0 Å². The van der Waals surface area contributed by atoms with Gasteiger partial charge in [0, 0.05) is 18.7 Å². The van der Waals surface area contributed by atoms with E-state index in [1.165, 1.54) is 29.0 Å². The van der Waals surface area contributed by atoms with Crippen molar-refractivity contribution in [1.82, 2.24) is 5.01 Å². The van der Waals surface area contributed by atoms with E-state index < -0.39 is 5.97 Å². The molecule has 0 fully saturated rings. The van der Waals surface area contributed by atoms with Gasteiger partial charge in [-0.1, -0.05) is 70.7 Å². The number of fused-ring (bicyclic) bond motifs is 1. The van der Waals surface area contributed by atoms with E-state index in [9.17, 15) is 9.90 Å². The van der Waals surface area contributed by atoms with Gasteiger partial charge >= 0.3 is 5.97 Å². The molecule has 0 aliphatic heterocycles. The fourth-order valence-electron chi connectivity index (χ4n) is 4.86. The first-order valence-corrected chi connectivity index (χ1v) is 11.8. The summed E-state index contributed by atoms with van der Waals surface area (Å²) in [6, 6.07) is 14.3. The molecular formula is C29H38N2O3. The van der Waals surface area contributed by atoms with Crippen LogP contribution in [0.25, 0.3) is 0 Å². The fraction of sp³-hybridized carbons (Fsp3) is 0.414. The highest BCUT2D eigenvalue weighted by molar-refractivity contribution is 5.69.